The SMILES string of the molecule is N#C[C@@H]1C[C@@H]1COc1nc(C(=O)NC23CC(C2)C3)nc(N2CCC(c3cccc(C(N)=O)n3)CC2)n1. The number of carbonyl (C=O) groups excluding carboxylic acids is 2. The second-order valence-corrected chi connectivity index (χ2v) is 10.6. The first-order valence-electron chi connectivity index (χ1n) is 12.5. The van der Waals surface area contributed by atoms with Crippen molar-refractivity contribution in [2.45, 2.75) is 50.0 Å². The highest BCUT2D eigenvalue weighted by Gasteiger charge is 2.57. The maximum atomic E-state index is 13.0. The van der Waals surface area contributed by atoms with Crippen molar-refractivity contribution in [3.05, 3.63) is 35.4 Å². The number of primary amides is 1. The highest BCUT2D eigenvalue weighted by molar-refractivity contribution is 5.91. The van der Waals surface area contributed by atoms with Gasteiger partial charge in [0.2, 0.25) is 11.8 Å². The van der Waals surface area contributed by atoms with Crippen LogP contribution in [0.5, 0.6) is 6.01 Å². The van der Waals surface area contributed by atoms with Gasteiger partial charge >= 0.3 is 6.01 Å². The Bertz CT molecular complexity index is 1240. The van der Waals surface area contributed by atoms with Crippen molar-refractivity contribution in [2.75, 3.05) is 24.6 Å². The standard InChI is InChI=1S/C25H28N8O3/c26-12-16-8-17(16)13-36-24-30-21(22(35)32-25-9-14(10-25)11-25)29-23(31-24)33-6-4-15(5-7-33)18-2-1-3-19(28-18)20(27)34/h1-3,14-17H,4-11,13H2,(H2,27,34)(H,32,35)/t14?,16-,17+,25?/m0/s1. The first kappa shape index (κ1) is 22.6. The zero-order valence-electron chi connectivity index (χ0n) is 19.9. The molecule has 0 spiro atoms. The fourth-order valence-corrected chi connectivity index (χ4v) is 5.54. The summed E-state index contributed by atoms with van der Waals surface area (Å²) >= 11 is 0. The van der Waals surface area contributed by atoms with Crippen molar-refractivity contribution in [1.29, 1.82) is 5.26 Å². The number of carbonyl (C=O) groups is 2. The van der Waals surface area contributed by atoms with Crippen molar-refractivity contribution >= 4 is 17.8 Å². The molecule has 0 radical (unpaired) electrons. The molecule has 4 aliphatic carbocycles. The van der Waals surface area contributed by atoms with E-state index in [2.05, 4.69) is 31.3 Å². The van der Waals surface area contributed by atoms with Crippen LogP contribution in [0.25, 0.3) is 0 Å². The fourth-order valence-electron chi connectivity index (χ4n) is 5.54. The number of nitrogens with zero attached hydrogens (tertiary/aromatic N) is 6. The molecule has 2 amide bonds. The molecule has 5 fully saturated rings. The molecule has 5 aliphatic rings. The number of piperidine rings is 1. The van der Waals surface area contributed by atoms with Crippen LogP contribution in [0.3, 0.4) is 0 Å². The van der Waals surface area contributed by atoms with Crippen LogP contribution in [0.1, 0.15) is 71.2 Å². The Labute approximate surface area is 208 Å². The Morgan fingerprint density at radius 2 is 1.94 bits per heavy atom. The molecule has 0 unspecified atom stereocenters. The van der Waals surface area contributed by atoms with Gasteiger partial charge in [-0.05, 0) is 56.6 Å². The molecule has 3 heterocycles. The molecule has 11 nitrogen and oxygen atoms in total. The number of hydrogen-bond donors (Lipinski definition) is 2. The number of nitrogens with one attached hydrogen (secondary N) is 1. The van der Waals surface area contributed by atoms with Gasteiger partial charge in [0.15, 0.2) is 0 Å². The number of nitriles is 1. The van der Waals surface area contributed by atoms with E-state index < -0.39 is 5.91 Å². The maximum Gasteiger partial charge on any atom is 0.321 e. The highest BCUT2D eigenvalue weighted by Crippen LogP contribution is 2.57. The van der Waals surface area contributed by atoms with Crippen LogP contribution in [0.15, 0.2) is 18.2 Å². The van der Waals surface area contributed by atoms with Crippen LogP contribution in [0, 0.1) is 29.1 Å². The highest BCUT2D eigenvalue weighted by atomic mass is 16.5. The Morgan fingerprint density at radius 1 is 1.17 bits per heavy atom. The molecule has 3 N–H and O–H groups in total. The molecular weight excluding hydrogens is 460 g/mol. The van der Waals surface area contributed by atoms with E-state index >= 15 is 0 Å². The van der Waals surface area contributed by atoms with Crippen LogP contribution in [-0.4, -0.2) is 57.0 Å². The number of hydrogen-bond acceptors (Lipinski definition) is 9. The minimum absolute atomic E-state index is 0.0130. The van der Waals surface area contributed by atoms with E-state index in [0.717, 1.165) is 50.1 Å². The second kappa shape index (κ2) is 8.69. The maximum absolute atomic E-state index is 13.0. The summed E-state index contributed by atoms with van der Waals surface area (Å²) in [5.41, 5.74) is 6.41. The summed E-state index contributed by atoms with van der Waals surface area (Å²) < 4.78 is 5.82. The lowest BCUT2D eigenvalue weighted by Gasteiger charge is -2.61. The van der Waals surface area contributed by atoms with Crippen LogP contribution in [0.2, 0.25) is 0 Å². The molecule has 4 saturated carbocycles. The molecule has 0 aromatic carbocycles. The topological polar surface area (TPSA) is 160 Å². The zero-order valence-corrected chi connectivity index (χ0v) is 19.9. The van der Waals surface area contributed by atoms with Crippen LogP contribution < -0.4 is 20.7 Å². The quantitative estimate of drug-likeness (QED) is 0.562. The summed E-state index contributed by atoms with van der Waals surface area (Å²) in [7, 11) is 0. The lowest BCUT2D eigenvalue weighted by molar-refractivity contribution is -0.0441. The summed E-state index contributed by atoms with van der Waals surface area (Å²) in [6.07, 6.45) is 5.45. The van der Waals surface area contributed by atoms with Gasteiger partial charge in [-0.25, -0.2) is 4.98 Å². The smallest absolute Gasteiger partial charge is 0.321 e. The Hall–Kier alpha value is -3.81. The third-order valence-electron chi connectivity index (χ3n) is 7.96. The van der Waals surface area contributed by atoms with Gasteiger partial charge in [0.25, 0.3) is 11.8 Å². The van der Waals surface area contributed by atoms with Gasteiger partial charge in [0, 0.05) is 36.2 Å². The van der Waals surface area contributed by atoms with Crippen LogP contribution >= 0.6 is 0 Å². The second-order valence-electron chi connectivity index (χ2n) is 10.6. The van der Waals surface area contributed by atoms with Gasteiger partial charge in [0.1, 0.15) is 5.69 Å². The number of nitrogens with two attached hydrogens (primary N) is 1. The number of pyridine rings is 1. The van der Waals surface area contributed by atoms with E-state index in [1.165, 1.54) is 0 Å². The summed E-state index contributed by atoms with van der Waals surface area (Å²) in [5, 5.41) is 12.2. The van der Waals surface area contributed by atoms with E-state index in [9.17, 15) is 9.59 Å². The third-order valence-corrected chi connectivity index (χ3v) is 7.96. The molecule has 2 aromatic heterocycles. The van der Waals surface area contributed by atoms with Gasteiger partial charge in [0.05, 0.1) is 18.6 Å². The first-order valence-corrected chi connectivity index (χ1v) is 12.5. The first-order chi connectivity index (χ1) is 17.4. The average molecular weight is 489 g/mol. The molecule has 7 rings (SSSR count). The number of amides is 2. The normalized spacial score (nSPS) is 28.3. The van der Waals surface area contributed by atoms with Crippen molar-refractivity contribution in [3.8, 4) is 12.1 Å². The minimum Gasteiger partial charge on any atom is -0.463 e. The van der Waals surface area contributed by atoms with Gasteiger partial charge in [-0.15, -0.1) is 0 Å². The van der Waals surface area contributed by atoms with Gasteiger partial charge < -0.3 is 20.7 Å². The Balaban J connectivity index is 1.17. The molecule has 186 valence electrons. The summed E-state index contributed by atoms with van der Waals surface area (Å²) in [6.45, 7) is 1.66. The predicted molar refractivity (Wildman–Crippen MR) is 127 cm³/mol. The lowest BCUT2D eigenvalue weighted by atomic mass is 9.50. The number of anilines is 1. The Morgan fingerprint density at radius 3 is 2.58 bits per heavy atom. The van der Waals surface area contributed by atoms with Crippen LogP contribution in [0.4, 0.5) is 5.95 Å². The number of ether oxygens (including phenoxy) is 1. The molecule has 1 aliphatic heterocycles. The summed E-state index contributed by atoms with van der Waals surface area (Å²) in [4.78, 5) is 44.3. The molecule has 2 aromatic rings. The summed E-state index contributed by atoms with van der Waals surface area (Å²) in [5.74, 6) is 0.742. The van der Waals surface area contributed by atoms with E-state index in [-0.39, 0.29) is 46.7 Å². The molecule has 1 saturated heterocycles. The largest absolute Gasteiger partial charge is 0.463 e. The molecule has 2 atom stereocenters. The van der Waals surface area contributed by atoms with Crippen molar-refractivity contribution in [3.63, 3.8) is 0 Å². The van der Waals surface area contributed by atoms with E-state index in [1.807, 2.05) is 11.0 Å². The average Bonchev–Trinajstić information content (AvgIpc) is 3.63. The van der Waals surface area contributed by atoms with Gasteiger partial charge in [-0.3, -0.25) is 9.59 Å². The van der Waals surface area contributed by atoms with Crippen molar-refractivity contribution in [2.24, 2.45) is 23.5 Å². The monoisotopic (exact) mass is 488 g/mol. The van der Waals surface area contributed by atoms with Crippen molar-refractivity contribution < 1.29 is 14.3 Å². The van der Waals surface area contributed by atoms with Gasteiger partial charge in [-0.1, -0.05) is 6.07 Å². The minimum atomic E-state index is -0.538. The van der Waals surface area contributed by atoms with E-state index in [0.29, 0.717) is 25.6 Å². The lowest BCUT2D eigenvalue weighted by Crippen LogP contribution is -2.68. The number of rotatable bonds is 8. The van der Waals surface area contributed by atoms with E-state index in [1.54, 1.807) is 12.1 Å². The zero-order chi connectivity index (χ0) is 24.9. The van der Waals surface area contributed by atoms with Crippen LogP contribution in [-0.2, 0) is 0 Å². The molecule has 2 bridgehead atoms. The molecule has 36 heavy (non-hydrogen) atoms. The Kier molecular flexibility index (Phi) is 5.47. The van der Waals surface area contributed by atoms with E-state index in [4.69, 9.17) is 15.7 Å². The predicted octanol–water partition coefficient (Wildman–Crippen LogP) is 1.57. The molecule has 11 heteroatoms. The third kappa shape index (κ3) is 4.32. The summed E-state index contributed by atoms with van der Waals surface area (Å²) in [6, 6.07) is 7.71. The van der Waals surface area contributed by atoms with Gasteiger partial charge in [-0.2, -0.15) is 20.2 Å². The fraction of sp³-hybridized carbons (Fsp3) is 0.560. The number of aromatic nitrogens is 4. The van der Waals surface area contributed by atoms with Crippen molar-refractivity contribution in [1.82, 2.24) is 25.3 Å². The molecular formula is C25H28N8O3.